The maximum atomic E-state index is 10.6. The van der Waals surface area contributed by atoms with E-state index in [4.69, 9.17) is 14.6 Å². The summed E-state index contributed by atoms with van der Waals surface area (Å²) >= 11 is 0. The Hall–Kier alpha value is -2.67. The molecular weight excluding hydrogens is 414 g/mol. The van der Waals surface area contributed by atoms with E-state index >= 15 is 0 Å². The van der Waals surface area contributed by atoms with E-state index in [0.29, 0.717) is 32.1 Å². The maximum absolute atomic E-state index is 10.6. The number of hydrogen-bond donors (Lipinski definition) is 1. The number of aliphatic hydroxyl groups is 1. The van der Waals surface area contributed by atoms with Gasteiger partial charge in [0.2, 0.25) is 5.88 Å². The second-order valence-electron chi connectivity index (χ2n) is 8.79. The van der Waals surface area contributed by atoms with Crippen LogP contribution in [0.2, 0.25) is 0 Å². The van der Waals surface area contributed by atoms with Gasteiger partial charge in [0.25, 0.3) is 0 Å². The van der Waals surface area contributed by atoms with E-state index in [1.165, 1.54) is 5.56 Å². The van der Waals surface area contributed by atoms with Gasteiger partial charge in [0.1, 0.15) is 5.75 Å². The van der Waals surface area contributed by atoms with Crippen molar-refractivity contribution >= 4 is 0 Å². The van der Waals surface area contributed by atoms with E-state index in [1.807, 2.05) is 73.1 Å². The van der Waals surface area contributed by atoms with Crippen LogP contribution >= 0.6 is 0 Å². The molecule has 3 aromatic rings. The molecule has 1 atom stereocenters. The highest BCUT2D eigenvalue weighted by atomic mass is 16.5. The zero-order chi connectivity index (χ0) is 23.8. The SMILES string of the molecule is CCc1nn(-c2ccccc2)c(Oc2ccc(C)cc2)c1CN(CCOC)CC(O)C(C)C. The summed E-state index contributed by atoms with van der Waals surface area (Å²) in [6.45, 7) is 10.7. The molecule has 0 aliphatic rings. The minimum Gasteiger partial charge on any atom is -0.439 e. The van der Waals surface area contributed by atoms with Crippen molar-refractivity contribution in [3.8, 4) is 17.3 Å². The molecule has 0 aliphatic heterocycles. The largest absolute Gasteiger partial charge is 0.439 e. The Morgan fingerprint density at radius 3 is 2.36 bits per heavy atom. The van der Waals surface area contributed by atoms with Crippen LogP contribution < -0.4 is 4.74 Å². The lowest BCUT2D eigenvalue weighted by Gasteiger charge is -2.27. The topological polar surface area (TPSA) is 59.8 Å². The number of aliphatic hydroxyl groups excluding tert-OH is 1. The highest BCUT2D eigenvalue weighted by Crippen LogP contribution is 2.32. The average Bonchev–Trinajstić information content (AvgIpc) is 3.16. The fraction of sp³-hybridized carbons (Fsp3) is 0.444. The predicted octanol–water partition coefficient (Wildman–Crippen LogP) is 5.00. The lowest BCUT2D eigenvalue weighted by atomic mass is 10.1. The summed E-state index contributed by atoms with van der Waals surface area (Å²) in [6, 6.07) is 18.1. The van der Waals surface area contributed by atoms with Crippen molar-refractivity contribution in [2.45, 2.75) is 46.8 Å². The molecule has 0 aliphatic carbocycles. The van der Waals surface area contributed by atoms with Crippen LogP contribution in [0.3, 0.4) is 0 Å². The Balaban J connectivity index is 2.03. The highest BCUT2D eigenvalue weighted by molar-refractivity contribution is 5.44. The first-order chi connectivity index (χ1) is 15.9. The van der Waals surface area contributed by atoms with Crippen molar-refractivity contribution in [2.24, 2.45) is 5.92 Å². The van der Waals surface area contributed by atoms with Gasteiger partial charge in [0, 0.05) is 26.7 Å². The number of benzene rings is 2. The third-order valence-corrected chi connectivity index (χ3v) is 5.80. The fourth-order valence-electron chi connectivity index (χ4n) is 3.64. The molecule has 0 bridgehead atoms. The zero-order valence-corrected chi connectivity index (χ0v) is 20.5. The Bertz CT molecular complexity index is 984. The maximum Gasteiger partial charge on any atom is 0.227 e. The van der Waals surface area contributed by atoms with E-state index in [0.717, 1.165) is 29.1 Å². The fourth-order valence-corrected chi connectivity index (χ4v) is 3.64. The molecule has 6 heteroatoms. The Morgan fingerprint density at radius 2 is 1.76 bits per heavy atom. The Labute approximate surface area is 197 Å². The smallest absolute Gasteiger partial charge is 0.227 e. The van der Waals surface area contributed by atoms with Crippen LogP contribution in [-0.4, -0.2) is 52.7 Å². The van der Waals surface area contributed by atoms with E-state index in [2.05, 4.69) is 18.7 Å². The van der Waals surface area contributed by atoms with Crippen LogP contribution in [0.25, 0.3) is 5.69 Å². The van der Waals surface area contributed by atoms with E-state index in [9.17, 15) is 5.11 Å². The molecule has 2 aromatic carbocycles. The lowest BCUT2D eigenvalue weighted by Crippen LogP contribution is -2.37. The van der Waals surface area contributed by atoms with Crippen molar-refractivity contribution < 1.29 is 14.6 Å². The Kier molecular flexibility index (Phi) is 9.06. The van der Waals surface area contributed by atoms with Gasteiger partial charge in [-0.15, -0.1) is 0 Å². The number of nitrogens with zero attached hydrogens (tertiary/aromatic N) is 3. The number of para-hydroxylation sites is 1. The van der Waals surface area contributed by atoms with Gasteiger partial charge >= 0.3 is 0 Å². The van der Waals surface area contributed by atoms with Crippen LogP contribution in [0.15, 0.2) is 54.6 Å². The average molecular weight is 452 g/mol. The molecule has 0 radical (unpaired) electrons. The van der Waals surface area contributed by atoms with Gasteiger partial charge in [0.15, 0.2) is 0 Å². The molecule has 1 aromatic heterocycles. The number of rotatable bonds is 12. The van der Waals surface area contributed by atoms with Gasteiger partial charge in [-0.1, -0.05) is 56.7 Å². The van der Waals surface area contributed by atoms with Crippen LogP contribution in [0, 0.1) is 12.8 Å². The van der Waals surface area contributed by atoms with Gasteiger partial charge in [-0.05, 0) is 43.5 Å². The minimum atomic E-state index is -0.419. The first-order valence-corrected chi connectivity index (χ1v) is 11.7. The van der Waals surface area contributed by atoms with Gasteiger partial charge in [-0.25, -0.2) is 4.68 Å². The minimum absolute atomic E-state index is 0.177. The van der Waals surface area contributed by atoms with Crippen molar-refractivity contribution in [3.05, 3.63) is 71.4 Å². The van der Waals surface area contributed by atoms with Gasteiger partial charge in [-0.3, -0.25) is 4.90 Å². The summed E-state index contributed by atoms with van der Waals surface area (Å²) in [6.07, 6.45) is 0.363. The molecule has 1 heterocycles. The van der Waals surface area contributed by atoms with Gasteiger partial charge in [0.05, 0.1) is 29.7 Å². The lowest BCUT2D eigenvalue weighted by molar-refractivity contribution is 0.0588. The molecule has 1 N–H and O–H groups in total. The number of ether oxygens (including phenoxy) is 2. The summed E-state index contributed by atoms with van der Waals surface area (Å²) in [5.41, 5.74) is 4.16. The molecule has 3 rings (SSSR count). The second-order valence-corrected chi connectivity index (χ2v) is 8.79. The van der Waals surface area contributed by atoms with Crippen molar-refractivity contribution in [2.75, 3.05) is 26.8 Å². The number of methoxy groups -OCH3 is 1. The van der Waals surface area contributed by atoms with E-state index in [1.54, 1.807) is 7.11 Å². The first-order valence-electron chi connectivity index (χ1n) is 11.7. The number of aromatic nitrogens is 2. The van der Waals surface area contributed by atoms with Crippen LogP contribution in [0.4, 0.5) is 0 Å². The van der Waals surface area contributed by atoms with E-state index in [-0.39, 0.29) is 5.92 Å². The number of hydrogen-bond acceptors (Lipinski definition) is 5. The summed E-state index contributed by atoms with van der Waals surface area (Å²) in [5, 5.41) is 15.5. The molecule has 0 spiro atoms. The number of aryl methyl sites for hydroxylation is 2. The van der Waals surface area contributed by atoms with Crippen LogP contribution in [0.5, 0.6) is 11.6 Å². The molecule has 178 valence electrons. The van der Waals surface area contributed by atoms with Crippen LogP contribution in [0.1, 0.15) is 37.6 Å². The normalized spacial score (nSPS) is 12.5. The Morgan fingerprint density at radius 1 is 1.06 bits per heavy atom. The molecule has 0 saturated carbocycles. The van der Waals surface area contributed by atoms with Gasteiger partial charge < -0.3 is 14.6 Å². The zero-order valence-electron chi connectivity index (χ0n) is 20.5. The second kappa shape index (κ2) is 12.0. The standard InChI is InChI=1S/C27H37N3O3/c1-6-25-24(18-29(16-17-32-5)19-26(31)20(2)3)27(33-23-14-12-21(4)13-15-23)30(28-25)22-10-8-7-9-11-22/h7-15,20,26,31H,6,16-19H2,1-5H3. The summed E-state index contributed by atoms with van der Waals surface area (Å²) in [5.74, 6) is 1.66. The molecule has 0 saturated heterocycles. The monoisotopic (exact) mass is 451 g/mol. The molecule has 6 nitrogen and oxygen atoms in total. The van der Waals surface area contributed by atoms with E-state index < -0.39 is 6.10 Å². The summed E-state index contributed by atoms with van der Waals surface area (Å²) < 4.78 is 13.7. The summed E-state index contributed by atoms with van der Waals surface area (Å²) in [4.78, 5) is 2.22. The van der Waals surface area contributed by atoms with Gasteiger partial charge in [-0.2, -0.15) is 5.10 Å². The quantitative estimate of drug-likeness (QED) is 0.420. The third-order valence-electron chi connectivity index (χ3n) is 5.80. The highest BCUT2D eigenvalue weighted by Gasteiger charge is 2.24. The summed E-state index contributed by atoms with van der Waals surface area (Å²) in [7, 11) is 1.70. The molecular formula is C27H37N3O3. The molecule has 33 heavy (non-hydrogen) atoms. The van der Waals surface area contributed by atoms with Crippen molar-refractivity contribution in [1.82, 2.24) is 14.7 Å². The predicted molar refractivity (Wildman–Crippen MR) is 132 cm³/mol. The van der Waals surface area contributed by atoms with Crippen molar-refractivity contribution in [1.29, 1.82) is 0 Å². The molecule has 1 unspecified atom stereocenters. The van der Waals surface area contributed by atoms with Crippen LogP contribution in [-0.2, 0) is 17.7 Å². The first kappa shape index (κ1) is 25.0. The molecule has 0 fully saturated rings. The molecule has 0 amide bonds. The van der Waals surface area contributed by atoms with Crippen molar-refractivity contribution in [3.63, 3.8) is 0 Å². The third kappa shape index (κ3) is 6.67.